The molecule has 2 aromatic carbocycles. The average Bonchev–Trinajstić information content (AvgIpc) is 3.60. The highest BCUT2D eigenvalue weighted by molar-refractivity contribution is 5.79. The molecular weight excluding hydrogens is 398 g/mol. The maximum atomic E-state index is 12.8. The van der Waals surface area contributed by atoms with Crippen molar-refractivity contribution in [1.29, 1.82) is 0 Å². The first-order valence-corrected chi connectivity index (χ1v) is 11.5. The summed E-state index contributed by atoms with van der Waals surface area (Å²) >= 11 is 0. The predicted octanol–water partition coefficient (Wildman–Crippen LogP) is 4.98. The molecule has 5 rings (SSSR count). The zero-order valence-corrected chi connectivity index (χ0v) is 18.5. The standard InChI is InChI=1S/C27H29N3O2/c1-17-10-11-21-15-18(2)22(20-12-13-20)16-23(21)30(14-6-9-19-7-4-3-5-8-19)25-24(17)26(31)29-27(32)28-25/h3-5,7-8,15-16,20H,1,6,9-14H2,2H3,(H2,28,29,31,32). The molecule has 1 aliphatic heterocycles. The fourth-order valence-electron chi connectivity index (χ4n) is 4.91. The monoisotopic (exact) mass is 427 g/mol. The van der Waals surface area contributed by atoms with Gasteiger partial charge in [0.15, 0.2) is 0 Å². The average molecular weight is 428 g/mol. The minimum Gasteiger partial charge on any atom is -0.327 e. The smallest absolute Gasteiger partial charge is 0.327 e. The van der Waals surface area contributed by atoms with Gasteiger partial charge in [-0.15, -0.1) is 0 Å². The number of anilines is 2. The molecule has 2 N–H and O–H groups in total. The summed E-state index contributed by atoms with van der Waals surface area (Å²) in [6.07, 6.45) is 5.81. The van der Waals surface area contributed by atoms with Crippen molar-refractivity contribution in [2.24, 2.45) is 0 Å². The number of nitrogens with zero attached hydrogens (tertiary/aromatic N) is 1. The van der Waals surface area contributed by atoms with E-state index < -0.39 is 5.69 Å². The number of nitrogens with one attached hydrogen (secondary N) is 2. The molecule has 3 aromatic rings. The minimum absolute atomic E-state index is 0.361. The van der Waals surface area contributed by atoms with Gasteiger partial charge in [0.05, 0.1) is 5.56 Å². The Morgan fingerprint density at radius 3 is 2.59 bits per heavy atom. The first-order chi connectivity index (χ1) is 15.5. The lowest BCUT2D eigenvalue weighted by Crippen LogP contribution is -2.33. The van der Waals surface area contributed by atoms with E-state index in [0.717, 1.165) is 30.5 Å². The Kier molecular flexibility index (Phi) is 5.33. The fourth-order valence-corrected chi connectivity index (χ4v) is 4.91. The van der Waals surface area contributed by atoms with Gasteiger partial charge in [-0.1, -0.05) is 43.0 Å². The first kappa shape index (κ1) is 20.6. The van der Waals surface area contributed by atoms with Crippen LogP contribution in [-0.2, 0) is 12.8 Å². The molecule has 5 heteroatoms. The Balaban J connectivity index is 1.61. The van der Waals surface area contributed by atoms with E-state index in [9.17, 15) is 9.59 Å². The maximum Gasteiger partial charge on any atom is 0.327 e. The number of aromatic nitrogens is 2. The van der Waals surface area contributed by atoms with Gasteiger partial charge in [0.25, 0.3) is 5.56 Å². The third kappa shape index (κ3) is 3.95. The number of aryl methyl sites for hydroxylation is 3. The molecule has 0 bridgehead atoms. The second-order valence-corrected chi connectivity index (χ2v) is 9.09. The number of aromatic amines is 2. The minimum atomic E-state index is -0.480. The summed E-state index contributed by atoms with van der Waals surface area (Å²) in [4.78, 5) is 32.6. The molecule has 1 aliphatic carbocycles. The van der Waals surface area contributed by atoms with Crippen molar-refractivity contribution >= 4 is 17.1 Å². The molecule has 1 saturated carbocycles. The lowest BCUT2D eigenvalue weighted by Gasteiger charge is -2.31. The van der Waals surface area contributed by atoms with Crippen LogP contribution in [0.1, 0.15) is 59.4 Å². The molecule has 164 valence electrons. The lowest BCUT2D eigenvalue weighted by molar-refractivity contribution is 0.783. The van der Waals surface area contributed by atoms with Crippen molar-refractivity contribution < 1.29 is 0 Å². The Morgan fingerprint density at radius 2 is 1.84 bits per heavy atom. The van der Waals surface area contributed by atoms with Crippen LogP contribution in [0.2, 0.25) is 0 Å². The van der Waals surface area contributed by atoms with Crippen molar-refractivity contribution in [2.45, 2.75) is 51.4 Å². The lowest BCUT2D eigenvalue weighted by atomic mass is 9.92. The van der Waals surface area contributed by atoms with Gasteiger partial charge in [-0.25, -0.2) is 4.79 Å². The number of benzene rings is 2. The molecular formula is C27H29N3O2. The zero-order valence-electron chi connectivity index (χ0n) is 18.5. The number of fused-ring (bicyclic) bond motifs is 2. The number of rotatable bonds is 5. The Morgan fingerprint density at radius 1 is 1.06 bits per heavy atom. The number of allylic oxidation sites excluding steroid dienone is 1. The summed E-state index contributed by atoms with van der Waals surface area (Å²) in [5.41, 5.74) is 6.80. The molecule has 2 heterocycles. The van der Waals surface area contributed by atoms with Crippen molar-refractivity contribution in [3.63, 3.8) is 0 Å². The topological polar surface area (TPSA) is 69.0 Å². The van der Waals surface area contributed by atoms with E-state index in [4.69, 9.17) is 0 Å². The predicted molar refractivity (Wildman–Crippen MR) is 130 cm³/mol. The van der Waals surface area contributed by atoms with Crippen LogP contribution in [0.5, 0.6) is 0 Å². The first-order valence-electron chi connectivity index (χ1n) is 11.5. The summed E-state index contributed by atoms with van der Waals surface area (Å²) in [5, 5.41) is 0. The van der Waals surface area contributed by atoms with Crippen LogP contribution in [0.25, 0.3) is 5.57 Å². The van der Waals surface area contributed by atoms with Gasteiger partial charge < -0.3 is 4.90 Å². The third-order valence-corrected chi connectivity index (χ3v) is 6.71. The molecule has 2 aliphatic rings. The number of H-pyrrole nitrogens is 2. The molecule has 1 fully saturated rings. The van der Waals surface area contributed by atoms with Crippen LogP contribution in [0.4, 0.5) is 11.5 Å². The molecule has 0 spiro atoms. The highest BCUT2D eigenvalue weighted by Gasteiger charge is 2.29. The van der Waals surface area contributed by atoms with E-state index in [2.05, 4.69) is 64.8 Å². The largest absolute Gasteiger partial charge is 0.327 e. The summed E-state index contributed by atoms with van der Waals surface area (Å²) in [6, 6.07) is 15.0. The van der Waals surface area contributed by atoms with Crippen LogP contribution >= 0.6 is 0 Å². The Bertz CT molecular complexity index is 1280. The summed E-state index contributed by atoms with van der Waals surface area (Å²) in [5.74, 6) is 1.20. The third-order valence-electron chi connectivity index (χ3n) is 6.71. The molecule has 0 amide bonds. The van der Waals surface area contributed by atoms with Gasteiger partial charge in [-0.05, 0) is 85.3 Å². The fraction of sp³-hybridized carbons (Fsp3) is 0.333. The summed E-state index contributed by atoms with van der Waals surface area (Å²) in [6.45, 7) is 7.09. The van der Waals surface area contributed by atoms with Crippen molar-refractivity contribution in [2.75, 3.05) is 11.4 Å². The van der Waals surface area contributed by atoms with E-state index in [1.165, 1.54) is 35.1 Å². The van der Waals surface area contributed by atoms with E-state index in [1.54, 1.807) is 0 Å². The normalized spacial score (nSPS) is 15.7. The van der Waals surface area contributed by atoms with Gasteiger partial charge in [0.1, 0.15) is 5.82 Å². The van der Waals surface area contributed by atoms with Crippen molar-refractivity contribution in [3.05, 3.63) is 97.7 Å². The highest BCUT2D eigenvalue weighted by Crippen LogP contribution is 2.45. The van der Waals surface area contributed by atoms with Gasteiger partial charge in [0.2, 0.25) is 0 Å². The Labute approximate surface area is 187 Å². The summed E-state index contributed by atoms with van der Waals surface area (Å²) < 4.78 is 0. The summed E-state index contributed by atoms with van der Waals surface area (Å²) in [7, 11) is 0. The van der Waals surface area contributed by atoms with Crippen LogP contribution in [-0.4, -0.2) is 16.5 Å². The Hall–Kier alpha value is -3.34. The van der Waals surface area contributed by atoms with Gasteiger partial charge >= 0.3 is 5.69 Å². The van der Waals surface area contributed by atoms with Crippen LogP contribution < -0.4 is 16.1 Å². The molecule has 1 aromatic heterocycles. The van der Waals surface area contributed by atoms with Gasteiger partial charge in [-0.3, -0.25) is 14.8 Å². The van der Waals surface area contributed by atoms with E-state index in [0.29, 0.717) is 30.3 Å². The quantitative estimate of drug-likeness (QED) is 0.603. The second kappa shape index (κ2) is 8.30. The molecule has 0 atom stereocenters. The van der Waals surface area contributed by atoms with Crippen LogP contribution in [0.3, 0.4) is 0 Å². The van der Waals surface area contributed by atoms with Crippen molar-refractivity contribution in [3.8, 4) is 0 Å². The molecule has 0 radical (unpaired) electrons. The molecule has 0 unspecified atom stereocenters. The highest BCUT2D eigenvalue weighted by atomic mass is 16.2. The van der Waals surface area contributed by atoms with E-state index in [-0.39, 0.29) is 5.56 Å². The molecule has 5 nitrogen and oxygen atoms in total. The number of hydrogen-bond donors (Lipinski definition) is 2. The molecule has 32 heavy (non-hydrogen) atoms. The van der Waals surface area contributed by atoms with Crippen LogP contribution in [0.15, 0.2) is 58.6 Å². The number of hydrogen-bond acceptors (Lipinski definition) is 3. The zero-order chi connectivity index (χ0) is 22.2. The van der Waals surface area contributed by atoms with Crippen molar-refractivity contribution in [1.82, 2.24) is 9.97 Å². The van der Waals surface area contributed by atoms with Gasteiger partial charge in [0, 0.05) is 12.2 Å². The second-order valence-electron chi connectivity index (χ2n) is 9.09. The van der Waals surface area contributed by atoms with E-state index >= 15 is 0 Å². The van der Waals surface area contributed by atoms with Crippen LogP contribution in [0, 0.1) is 6.92 Å². The molecule has 0 saturated heterocycles. The van der Waals surface area contributed by atoms with E-state index in [1.807, 2.05) is 6.07 Å². The van der Waals surface area contributed by atoms with Gasteiger partial charge in [-0.2, -0.15) is 0 Å². The maximum absolute atomic E-state index is 12.8. The SMILES string of the molecule is C=C1CCc2cc(C)c(C3CC3)cc2N(CCCc2ccccc2)c2[nH]c(=O)[nH]c(=O)c21.